The maximum Gasteiger partial charge on any atom is 0.258 e. The van der Waals surface area contributed by atoms with Crippen LogP contribution in [0.4, 0.5) is 5.13 Å². The number of benzene rings is 2. The van der Waals surface area contributed by atoms with Crippen LogP contribution in [0.2, 0.25) is 10.0 Å². The van der Waals surface area contributed by atoms with E-state index in [0.717, 1.165) is 17.1 Å². The summed E-state index contributed by atoms with van der Waals surface area (Å²) in [7, 11) is 0. The van der Waals surface area contributed by atoms with Gasteiger partial charge in [0.2, 0.25) is 5.13 Å². The van der Waals surface area contributed by atoms with Crippen LogP contribution in [0.25, 0.3) is 11.4 Å². The molecule has 0 bridgehead atoms. The number of hydrogen-bond acceptors (Lipinski definition) is 4. The summed E-state index contributed by atoms with van der Waals surface area (Å²) in [5, 5.41) is 3.86. The van der Waals surface area contributed by atoms with Gasteiger partial charge in [-0.1, -0.05) is 53.5 Å². The zero-order chi connectivity index (χ0) is 15.5. The Morgan fingerprint density at radius 1 is 1.09 bits per heavy atom. The zero-order valence-electron chi connectivity index (χ0n) is 11.1. The molecule has 7 heteroatoms. The van der Waals surface area contributed by atoms with Crippen LogP contribution < -0.4 is 5.32 Å². The van der Waals surface area contributed by atoms with Gasteiger partial charge in [-0.25, -0.2) is 0 Å². The van der Waals surface area contributed by atoms with E-state index in [2.05, 4.69) is 14.7 Å². The monoisotopic (exact) mass is 349 g/mol. The molecule has 1 amide bonds. The number of hydrogen-bond donors (Lipinski definition) is 1. The maximum atomic E-state index is 12.2. The van der Waals surface area contributed by atoms with E-state index >= 15 is 0 Å². The lowest BCUT2D eigenvalue weighted by molar-refractivity contribution is 0.102. The Kier molecular flexibility index (Phi) is 4.38. The highest BCUT2D eigenvalue weighted by atomic mass is 35.5. The van der Waals surface area contributed by atoms with E-state index < -0.39 is 0 Å². The summed E-state index contributed by atoms with van der Waals surface area (Å²) < 4.78 is 4.23. The number of nitrogens with one attached hydrogen (secondary N) is 1. The van der Waals surface area contributed by atoms with Gasteiger partial charge in [0, 0.05) is 22.1 Å². The first-order valence-corrected chi connectivity index (χ1v) is 7.82. The van der Waals surface area contributed by atoms with E-state index in [4.69, 9.17) is 23.2 Å². The third kappa shape index (κ3) is 3.27. The van der Waals surface area contributed by atoms with Gasteiger partial charge in [0.05, 0.1) is 10.6 Å². The summed E-state index contributed by atoms with van der Waals surface area (Å²) >= 11 is 12.9. The van der Waals surface area contributed by atoms with E-state index in [1.54, 1.807) is 12.1 Å². The standard InChI is InChI=1S/C15H9Cl2N3OS/c16-10-6-7-11(12(17)8-10)14(21)19-15-18-13(20-22-15)9-4-2-1-3-5-9/h1-8H,(H,18,19,20,21). The normalized spacial score (nSPS) is 10.5. The molecule has 2 aromatic carbocycles. The van der Waals surface area contributed by atoms with Crippen LogP contribution in [0.5, 0.6) is 0 Å². The molecule has 0 aliphatic rings. The molecule has 22 heavy (non-hydrogen) atoms. The molecule has 0 saturated carbocycles. The molecule has 1 aromatic heterocycles. The van der Waals surface area contributed by atoms with Crippen molar-refractivity contribution in [2.24, 2.45) is 0 Å². The summed E-state index contributed by atoms with van der Waals surface area (Å²) in [5.41, 5.74) is 1.23. The lowest BCUT2D eigenvalue weighted by atomic mass is 10.2. The van der Waals surface area contributed by atoms with Crippen molar-refractivity contribution in [3.05, 3.63) is 64.1 Å². The summed E-state index contributed by atoms with van der Waals surface area (Å²) in [6, 6.07) is 14.2. The van der Waals surface area contributed by atoms with Crippen molar-refractivity contribution >= 4 is 45.8 Å². The Balaban J connectivity index is 1.79. The smallest absolute Gasteiger partial charge is 0.258 e. The largest absolute Gasteiger partial charge is 0.297 e. The van der Waals surface area contributed by atoms with Crippen LogP contribution in [0.1, 0.15) is 10.4 Å². The molecule has 110 valence electrons. The van der Waals surface area contributed by atoms with Crippen molar-refractivity contribution in [2.75, 3.05) is 5.32 Å². The number of aromatic nitrogens is 2. The topological polar surface area (TPSA) is 54.9 Å². The van der Waals surface area contributed by atoms with Gasteiger partial charge in [-0.15, -0.1) is 0 Å². The van der Waals surface area contributed by atoms with Gasteiger partial charge in [-0.05, 0) is 18.2 Å². The third-order valence-corrected chi connectivity index (χ3v) is 4.03. The van der Waals surface area contributed by atoms with Gasteiger partial charge in [0.1, 0.15) is 0 Å². The van der Waals surface area contributed by atoms with Crippen LogP contribution in [0.3, 0.4) is 0 Å². The lowest BCUT2D eigenvalue weighted by Gasteiger charge is -2.03. The maximum absolute atomic E-state index is 12.2. The number of halogens is 2. The predicted molar refractivity (Wildman–Crippen MR) is 89.8 cm³/mol. The van der Waals surface area contributed by atoms with Crippen molar-refractivity contribution in [2.45, 2.75) is 0 Å². The molecule has 0 aliphatic heterocycles. The SMILES string of the molecule is O=C(Nc1nc(-c2ccccc2)ns1)c1ccc(Cl)cc1Cl. The van der Waals surface area contributed by atoms with Gasteiger partial charge in [0.15, 0.2) is 5.82 Å². The molecule has 1 N–H and O–H groups in total. The molecule has 0 spiro atoms. The average Bonchev–Trinajstić information content (AvgIpc) is 2.96. The first-order chi connectivity index (χ1) is 10.6. The number of carbonyl (C=O) groups is 1. The summed E-state index contributed by atoms with van der Waals surface area (Å²) in [5.74, 6) is 0.223. The fourth-order valence-electron chi connectivity index (χ4n) is 1.82. The van der Waals surface area contributed by atoms with E-state index in [1.165, 1.54) is 6.07 Å². The molecule has 0 unspecified atom stereocenters. The Hall–Kier alpha value is -1.95. The minimum Gasteiger partial charge on any atom is -0.297 e. The molecule has 0 fully saturated rings. The molecule has 1 heterocycles. The molecule has 3 rings (SSSR count). The van der Waals surface area contributed by atoms with Crippen molar-refractivity contribution in [3.8, 4) is 11.4 Å². The van der Waals surface area contributed by atoms with Crippen LogP contribution >= 0.6 is 34.7 Å². The number of rotatable bonds is 3. The van der Waals surface area contributed by atoms with Gasteiger partial charge in [-0.2, -0.15) is 9.36 Å². The third-order valence-electron chi connectivity index (χ3n) is 2.85. The number of nitrogens with zero attached hydrogens (tertiary/aromatic N) is 2. The highest BCUT2D eigenvalue weighted by Gasteiger charge is 2.14. The van der Waals surface area contributed by atoms with Crippen molar-refractivity contribution in [3.63, 3.8) is 0 Å². The fraction of sp³-hybridized carbons (Fsp3) is 0. The summed E-state index contributed by atoms with van der Waals surface area (Å²) in [6.45, 7) is 0. The number of anilines is 1. The van der Waals surface area contributed by atoms with Crippen molar-refractivity contribution < 1.29 is 4.79 Å². The Morgan fingerprint density at radius 3 is 2.59 bits per heavy atom. The molecule has 0 radical (unpaired) electrons. The van der Waals surface area contributed by atoms with Crippen LogP contribution in [-0.4, -0.2) is 15.3 Å². The molecular formula is C15H9Cl2N3OS. The van der Waals surface area contributed by atoms with E-state index in [9.17, 15) is 4.79 Å². The van der Waals surface area contributed by atoms with Crippen LogP contribution in [0, 0.1) is 0 Å². The second kappa shape index (κ2) is 6.44. The second-order valence-electron chi connectivity index (χ2n) is 4.37. The van der Waals surface area contributed by atoms with E-state index in [0.29, 0.717) is 21.5 Å². The zero-order valence-corrected chi connectivity index (χ0v) is 13.4. The fourth-order valence-corrected chi connectivity index (χ4v) is 2.90. The van der Waals surface area contributed by atoms with Gasteiger partial charge >= 0.3 is 0 Å². The highest BCUT2D eigenvalue weighted by Crippen LogP contribution is 2.24. The van der Waals surface area contributed by atoms with Gasteiger partial charge in [-0.3, -0.25) is 10.1 Å². The van der Waals surface area contributed by atoms with Crippen molar-refractivity contribution in [1.29, 1.82) is 0 Å². The molecule has 3 aromatic rings. The summed E-state index contributed by atoms with van der Waals surface area (Å²) in [6.07, 6.45) is 0. The number of amides is 1. The highest BCUT2D eigenvalue weighted by molar-refractivity contribution is 7.10. The van der Waals surface area contributed by atoms with E-state index in [-0.39, 0.29) is 10.9 Å². The summed E-state index contributed by atoms with van der Waals surface area (Å²) in [4.78, 5) is 16.5. The molecular weight excluding hydrogens is 341 g/mol. The quantitative estimate of drug-likeness (QED) is 0.741. The molecule has 0 aliphatic carbocycles. The van der Waals surface area contributed by atoms with Crippen LogP contribution in [-0.2, 0) is 0 Å². The molecule has 0 saturated heterocycles. The van der Waals surface area contributed by atoms with Gasteiger partial charge in [0.25, 0.3) is 5.91 Å². The second-order valence-corrected chi connectivity index (χ2v) is 5.96. The first kappa shape index (κ1) is 15.0. The lowest BCUT2D eigenvalue weighted by Crippen LogP contribution is -2.12. The minimum absolute atomic E-state index is 0.290. The van der Waals surface area contributed by atoms with Gasteiger partial charge < -0.3 is 0 Å². The molecule has 4 nitrogen and oxygen atoms in total. The number of carbonyl (C=O) groups excluding carboxylic acids is 1. The average molecular weight is 350 g/mol. The Labute approximate surface area is 140 Å². The van der Waals surface area contributed by atoms with E-state index in [1.807, 2.05) is 30.3 Å². The predicted octanol–water partition coefficient (Wildman–Crippen LogP) is 4.76. The Morgan fingerprint density at radius 2 is 1.86 bits per heavy atom. The first-order valence-electron chi connectivity index (χ1n) is 6.29. The minimum atomic E-state index is -0.350. The molecule has 0 atom stereocenters. The Bertz CT molecular complexity index is 821. The van der Waals surface area contributed by atoms with Crippen LogP contribution in [0.15, 0.2) is 48.5 Å². The van der Waals surface area contributed by atoms with Crippen molar-refractivity contribution in [1.82, 2.24) is 9.36 Å².